The van der Waals surface area contributed by atoms with Gasteiger partial charge in [-0.1, -0.05) is 0 Å². The van der Waals surface area contributed by atoms with Crippen LogP contribution in [0, 0.1) is 0 Å². The molecule has 2 aliphatic rings. The van der Waals surface area contributed by atoms with Gasteiger partial charge in [0.05, 0.1) is 6.61 Å². The molecule has 1 unspecified atom stereocenters. The number of piperidine rings is 1. The van der Waals surface area contributed by atoms with Gasteiger partial charge in [-0.25, -0.2) is 0 Å². The molecule has 2 aromatic carbocycles. The summed E-state index contributed by atoms with van der Waals surface area (Å²) in [5, 5.41) is 5.67. The van der Waals surface area contributed by atoms with E-state index in [9.17, 15) is 14.4 Å². The van der Waals surface area contributed by atoms with Gasteiger partial charge in [-0.15, -0.1) is 0 Å². The van der Waals surface area contributed by atoms with Gasteiger partial charge in [0, 0.05) is 36.6 Å². The van der Waals surface area contributed by atoms with Crippen LogP contribution in [-0.4, -0.2) is 61.6 Å². The molecule has 9 nitrogen and oxygen atoms in total. The summed E-state index contributed by atoms with van der Waals surface area (Å²) in [6.07, 6.45) is 4.40. The molecule has 3 amide bonds. The molecule has 192 valence electrons. The molecule has 0 aliphatic carbocycles. The highest BCUT2D eigenvalue weighted by Gasteiger charge is 2.23. The highest BCUT2D eigenvalue weighted by Crippen LogP contribution is 2.29. The van der Waals surface area contributed by atoms with Gasteiger partial charge in [-0.05, 0) is 81.5 Å². The molecule has 36 heavy (non-hydrogen) atoms. The maximum atomic E-state index is 12.8. The Hall–Kier alpha value is -3.59. The molecule has 9 heteroatoms. The summed E-state index contributed by atoms with van der Waals surface area (Å²) >= 11 is 0. The van der Waals surface area contributed by atoms with Gasteiger partial charge in [-0.3, -0.25) is 14.4 Å². The van der Waals surface area contributed by atoms with Crippen molar-refractivity contribution < 1.29 is 28.6 Å². The fourth-order valence-corrected chi connectivity index (χ4v) is 4.26. The number of hydrogen-bond acceptors (Lipinski definition) is 6. The lowest BCUT2D eigenvalue weighted by atomic mass is 10.1. The number of nitrogens with one attached hydrogen (secondary N) is 2. The number of carbonyl (C=O) groups excluding carboxylic acids is 3. The van der Waals surface area contributed by atoms with E-state index >= 15 is 0 Å². The van der Waals surface area contributed by atoms with E-state index in [1.165, 1.54) is 0 Å². The minimum Gasteiger partial charge on any atom is -0.490 e. The van der Waals surface area contributed by atoms with Crippen molar-refractivity contribution in [2.75, 3.05) is 43.5 Å². The highest BCUT2D eigenvalue weighted by atomic mass is 16.5. The number of anilines is 2. The molecule has 2 N–H and O–H groups in total. The van der Waals surface area contributed by atoms with Crippen molar-refractivity contribution in [3.8, 4) is 11.5 Å². The van der Waals surface area contributed by atoms with Crippen LogP contribution in [0.1, 0.15) is 49.4 Å². The van der Waals surface area contributed by atoms with Crippen LogP contribution in [0.25, 0.3) is 0 Å². The lowest BCUT2D eigenvalue weighted by Gasteiger charge is -2.26. The molecule has 0 radical (unpaired) electrons. The summed E-state index contributed by atoms with van der Waals surface area (Å²) in [5.41, 5.74) is 1.61. The number of likely N-dealkylation sites (tertiary alicyclic amines) is 1. The number of hydrogen-bond donors (Lipinski definition) is 2. The molecule has 2 aliphatic heterocycles. The zero-order chi connectivity index (χ0) is 25.3. The SMILES string of the molecule is CCOc1cc(C(=O)Nc2ccc(NC(=O)C3CCCO3)cc2)ccc1OCC(=O)N1CCCCC1. The molecule has 4 rings (SSSR count). The van der Waals surface area contributed by atoms with Gasteiger partial charge in [0.25, 0.3) is 17.7 Å². The first-order valence-corrected chi connectivity index (χ1v) is 12.5. The van der Waals surface area contributed by atoms with E-state index < -0.39 is 6.10 Å². The van der Waals surface area contributed by atoms with Crippen molar-refractivity contribution in [3.05, 3.63) is 48.0 Å². The molecule has 2 fully saturated rings. The van der Waals surface area contributed by atoms with Gasteiger partial charge < -0.3 is 29.7 Å². The van der Waals surface area contributed by atoms with Crippen molar-refractivity contribution in [1.82, 2.24) is 4.90 Å². The van der Waals surface area contributed by atoms with E-state index in [1.807, 2.05) is 11.8 Å². The van der Waals surface area contributed by atoms with Crippen LogP contribution >= 0.6 is 0 Å². The maximum absolute atomic E-state index is 12.8. The lowest BCUT2D eigenvalue weighted by Crippen LogP contribution is -2.38. The van der Waals surface area contributed by atoms with E-state index in [-0.39, 0.29) is 24.3 Å². The molecule has 2 heterocycles. The van der Waals surface area contributed by atoms with E-state index in [0.29, 0.717) is 41.7 Å². The Bertz CT molecular complexity index is 1060. The molecule has 0 aromatic heterocycles. The molecular formula is C27H33N3O6. The first-order chi connectivity index (χ1) is 17.5. The Kier molecular flexibility index (Phi) is 8.78. The molecule has 0 spiro atoms. The maximum Gasteiger partial charge on any atom is 0.260 e. The predicted octanol–water partition coefficient (Wildman–Crippen LogP) is 3.85. The van der Waals surface area contributed by atoms with Gasteiger partial charge in [0.2, 0.25) is 0 Å². The van der Waals surface area contributed by atoms with Crippen LogP contribution in [0.4, 0.5) is 11.4 Å². The number of rotatable bonds is 9. The highest BCUT2D eigenvalue weighted by molar-refractivity contribution is 6.05. The summed E-state index contributed by atoms with van der Waals surface area (Å²) < 4.78 is 16.8. The Morgan fingerprint density at radius 1 is 0.917 bits per heavy atom. The Balaban J connectivity index is 1.34. The van der Waals surface area contributed by atoms with Crippen molar-refractivity contribution in [2.24, 2.45) is 0 Å². The van der Waals surface area contributed by atoms with Crippen molar-refractivity contribution in [1.29, 1.82) is 0 Å². The van der Waals surface area contributed by atoms with Crippen molar-refractivity contribution in [2.45, 2.75) is 45.1 Å². The molecule has 2 saturated heterocycles. The smallest absolute Gasteiger partial charge is 0.260 e. The molecule has 2 aromatic rings. The average Bonchev–Trinajstić information content (AvgIpc) is 3.45. The van der Waals surface area contributed by atoms with E-state index in [0.717, 1.165) is 45.2 Å². The van der Waals surface area contributed by atoms with Crippen molar-refractivity contribution >= 4 is 29.1 Å². The van der Waals surface area contributed by atoms with E-state index in [1.54, 1.807) is 42.5 Å². The average molecular weight is 496 g/mol. The number of ether oxygens (including phenoxy) is 3. The third-order valence-electron chi connectivity index (χ3n) is 6.20. The van der Waals surface area contributed by atoms with Gasteiger partial charge >= 0.3 is 0 Å². The largest absolute Gasteiger partial charge is 0.490 e. The second-order valence-electron chi connectivity index (χ2n) is 8.85. The minimum atomic E-state index is -0.404. The summed E-state index contributed by atoms with van der Waals surface area (Å²) in [7, 11) is 0. The van der Waals surface area contributed by atoms with Gasteiger partial charge in [-0.2, -0.15) is 0 Å². The predicted molar refractivity (Wildman–Crippen MR) is 136 cm³/mol. The summed E-state index contributed by atoms with van der Waals surface area (Å²) in [4.78, 5) is 39.3. The monoisotopic (exact) mass is 495 g/mol. The lowest BCUT2D eigenvalue weighted by molar-refractivity contribution is -0.134. The summed E-state index contributed by atoms with van der Waals surface area (Å²) in [6.45, 7) is 4.30. The van der Waals surface area contributed by atoms with E-state index in [4.69, 9.17) is 14.2 Å². The van der Waals surface area contributed by atoms with Crippen LogP contribution in [0.2, 0.25) is 0 Å². The second-order valence-corrected chi connectivity index (χ2v) is 8.85. The first kappa shape index (κ1) is 25.5. The number of carbonyl (C=O) groups is 3. The van der Waals surface area contributed by atoms with Crippen LogP contribution in [0.15, 0.2) is 42.5 Å². The minimum absolute atomic E-state index is 0.0469. The number of benzene rings is 2. The number of amides is 3. The molecule has 0 saturated carbocycles. The normalized spacial score (nSPS) is 17.4. The summed E-state index contributed by atoms with van der Waals surface area (Å²) in [6, 6.07) is 11.8. The topological polar surface area (TPSA) is 106 Å². The van der Waals surface area contributed by atoms with Gasteiger partial charge in [0.15, 0.2) is 18.1 Å². The zero-order valence-corrected chi connectivity index (χ0v) is 20.6. The Morgan fingerprint density at radius 3 is 2.31 bits per heavy atom. The summed E-state index contributed by atoms with van der Waals surface area (Å²) in [5.74, 6) is 0.305. The third-order valence-corrected chi connectivity index (χ3v) is 6.20. The molecule has 1 atom stereocenters. The fourth-order valence-electron chi connectivity index (χ4n) is 4.26. The first-order valence-electron chi connectivity index (χ1n) is 12.5. The van der Waals surface area contributed by atoms with Crippen LogP contribution in [0.3, 0.4) is 0 Å². The van der Waals surface area contributed by atoms with Crippen molar-refractivity contribution in [3.63, 3.8) is 0 Å². The third kappa shape index (κ3) is 6.75. The standard InChI is InChI=1S/C27H33N3O6/c1-2-34-24-17-19(8-13-22(24)36-18-25(31)30-14-4-3-5-15-30)26(32)28-20-9-11-21(12-10-20)29-27(33)23-7-6-16-35-23/h8-13,17,23H,2-7,14-16,18H2,1H3,(H,28,32)(H,29,33). The van der Waals surface area contributed by atoms with Crippen LogP contribution in [0.5, 0.6) is 11.5 Å². The Morgan fingerprint density at radius 2 is 1.64 bits per heavy atom. The van der Waals surface area contributed by atoms with Crippen LogP contribution in [-0.2, 0) is 14.3 Å². The Labute approximate surface area is 211 Å². The van der Waals surface area contributed by atoms with Crippen LogP contribution < -0.4 is 20.1 Å². The quantitative estimate of drug-likeness (QED) is 0.548. The van der Waals surface area contributed by atoms with E-state index in [2.05, 4.69) is 10.6 Å². The fraction of sp³-hybridized carbons (Fsp3) is 0.444. The second kappa shape index (κ2) is 12.4. The number of nitrogens with zero attached hydrogens (tertiary/aromatic N) is 1. The molecular weight excluding hydrogens is 462 g/mol. The van der Waals surface area contributed by atoms with Gasteiger partial charge in [0.1, 0.15) is 6.10 Å². The zero-order valence-electron chi connectivity index (χ0n) is 20.6. The molecule has 0 bridgehead atoms.